The van der Waals surface area contributed by atoms with Crippen LogP contribution in [0.15, 0.2) is 18.2 Å². The van der Waals surface area contributed by atoms with Gasteiger partial charge in [0, 0.05) is 42.5 Å². The summed E-state index contributed by atoms with van der Waals surface area (Å²) in [6.07, 6.45) is 0. The Morgan fingerprint density at radius 1 is 1.24 bits per heavy atom. The molecule has 0 fully saturated rings. The molecule has 1 N–H and O–H groups in total. The summed E-state index contributed by atoms with van der Waals surface area (Å²) in [6, 6.07) is 6.12. The highest BCUT2D eigenvalue weighted by Crippen LogP contribution is 2.25. The lowest BCUT2D eigenvalue weighted by Gasteiger charge is -2.28. The van der Waals surface area contributed by atoms with E-state index in [2.05, 4.69) is 50.0 Å². The van der Waals surface area contributed by atoms with Crippen LogP contribution in [0.1, 0.15) is 40.2 Å². The molecule has 0 amide bonds. The standard InChI is InChI=1S/C17H29ClN2O/c1-6-20(10-11-21-7-2)16-12-15(18)9-8-14(16)13-19-17(3,4)5/h8-9,12,19H,6-7,10-11,13H2,1-5H3. The lowest BCUT2D eigenvalue weighted by molar-refractivity contribution is 0.154. The zero-order chi connectivity index (χ0) is 15.9. The topological polar surface area (TPSA) is 24.5 Å². The summed E-state index contributed by atoms with van der Waals surface area (Å²) in [5, 5.41) is 4.32. The molecule has 1 aromatic carbocycles. The third kappa shape index (κ3) is 6.68. The van der Waals surface area contributed by atoms with Crippen molar-refractivity contribution in [1.29, 1.82) is 0 Å². The normalized spacial score (nSPS) is 11.7. The molecule has 1 aromatic rings. The van der Waals surface area contributed by atoms with E-state index < -0.39 is 0 Å². The third-order valence-electron chi connectivity index (χ3n) is 3.29. The highest BCUT2D eigenvalue weighted by Gasteiger charge is 2.14. The molecule has 0 aliphatic rings. The number of hydrogen-bond donors (Lipinski definition) is 1. The first-order valence-corrected chi connectivity index (χ1v) is 8.11. The molecule has 21 heavy (non-hydrogen) atoms. The van der Waals surface area contributed by atoms with Gasteiger partial charge in [-0.2, -0.15) is 0 Å². The third-order valence-corrected chi connectivity index (χ3v) is 3.52. The summed E-state index contributed by atoms with van der Waals surface area (Å²) < 4.78 is 5.48. The first kappa shape index (κ1) is 18.3. The molecule has 0 unspecified atom stereocenters. The van der Waals surface area contributed by atoms with Gasteiger partial charge in [-0.1, -0.05) is 17.7 Å². The maximum atomic E-state index is 6.19. The SMILES string of the molecule is CCOCCN(CC)c1cc(Cl)ccc1CNC(C)(C)C. The molecule has 120 valence electrons. The Bertz CT molecular complexity index is 429. The van der Waals surface area contributed by atoms with Crippen molar-refractivity contribution in [3.8, 4) is 0 Å². The van der Waals surface area contributed by atoms with Gasteiger partial charge in [0.2, 0.25) is 0 Å². The fourth-order valence-electron chi connectivity index (χ4n) is 2.11. The minimum atomic E-state index is 0.0965. The van der Waals surface area contributed by atoms with Crippen LogP contribution in [0.3, 0.4) is 0 Å². The van der Waals surface area contributed by atoms with Gasteiger partial charge in [-0.05, 0) is 52.3 Å². The average molecular weight is 313 g/mol. The molecule has 0 bridgehead atoms. The summed E-state index contributed by atoms with van der Waals surface area (Å²) in [5.41, 5.74) is 2.56. The van der Waals surface area contributed by atoms with Crippen molar-refractivity contribution in [3.63, 3.8) is 0 Å². The summed E-state index contributed by atoms with van der Waals surface area (Å²) >= 11 is 6.19. The Morgan fingerprint density at radius 2 is 1.95 bits per heavy atom. The molecule has 0 spiro atoms. The van der Waals surface area contributed by atoms with Crippen LogP contribution in [0.25, 0.3) is 0 Å². The Morgan fingerprint density at radius 3 is 2.52 bits per heavy atom. The van der Waals surface area contributed by atoms with E-state index in [1.807, 2.05) is 13.0 Å². The molecule has 4 heteroatoms. The van der Waals surface area contributed by atoms with Crippen LogP contribution in [0, 0.1) is 0 Å². The molecule has 0 aliphatic heterocycles. The van der Waals surface area contributed by atoms with E-state index in [-0.39, 0.29) is 5.54 Å². The van der Waals surface area contributed by atoms with E-state index in [0.717, 1.165) is 37.9 Å². The van der Waals surface area contributed by atoms with E-state index >= 15 is 0 Å². The second-order valence-electron chi connectivity index (χ2n) is 6.15. The Hall–Kier alpha value is -0.770. The molecule has 0 atom stereocenters. The van der Waals surface area contributed by atoms with Crippen LogP contribution in [0.2, 0.25) is 5.02 Å². The number of anilines is 1. The minimum Gasteiger partial charge on any atom is -0.380 e. The van der Waals surface area contributed by atoms with Gasteiger partial charge in [-0.25, -0.2) is 0 Å². The number of ether oxygens (including phenoxy) is 1. The molecule has 1 rings (SSSR count). The number of nitrogens with zero attached hydrogens (tertiary/aromatic N) is 1. The van der Waals surface area contributed by atoms with Gasteiger partial charge < -0.3 is 15.0 Å². The summed E-state index contributed by atoms with van der Waals surface area (Å²) in [4.78, 5) is 2.32. The number of nitrogens with one attached hydrogen (secondary N) is 1. The van der Waals surface area contributed by atoms with Crippen molar-refractivity contribution >= 4 is 17.3 Å². The fourth-order valence-corrected chi connectivity index (χ4v) is 2.28. The van der Waals surface area contributed by atoms with Crippen LogP contribution < -0.4 is 10.2 Å². The number of hydrogen-bond acceptors (Lipinski definition) is 3. The molecule has 0 saturated heterocycles. The molecular formula is C17H29ClN2O. The molecule has 0 radical (unpaired) electrons. The zero-order valence-corrected chi connectivity index (χ0v) is 14.8. The van der Waals surface area contributed by atoms with Crippen LogP contribution in [-0.4, -0.2) is 31.8 Å². The smallest absolute Gasteiger partial charge is 0.0641 e. The van der Waals surface area contributed by atoms with Crippen molar-refractivity contribution < 1.29 is 4.74 Å². The second-order valence-corrected chi connectivity index (χ2v) is 6.59. The van der Waals surface area contributed by atoms with Gasteiger partial charge in [-0.3, -0.25) is 0 Å². The zero-order valence-electron chi connectivity index (χ0n) is 14.0. The Labute approximate surface area is 134 Å². The van der Waals surface area contributed by atoms with Crippen LogP contribution in [0.4, 0.5) is 5.69 Å². The summed E-state index contributed by atoms with van der Waals surface area (Å²) in [5.74, 6) is 0. The number of benzene rings is 1. The maximum absolute atomic E-state index is 6.19. The van der Waals surface area contributed by atoms with Crippen molar-refractivity contribution in [2.75, 3.05) is 31.2 Å². The van der Waals surface area contributed by atoms with Crippen molar-refractivity contribution in [1.82, 2.24) is 5.32 Å². The lowest BCUT2D eigenvalue weighted by Crippen LogP contribution is -2.36. The van der Waals surface area contributed by atoms with Crippen LogP contribution in [0.5, 0.6) is 0 Å². The van der Waals surface area contributed by atoms with Gasteiger partial charge in [0.15, 0.2) is 0 Å². The average Bonchev–Trinajstić information content (AvgIpc) is 2.41. The lowest BCUT2D eigenvalue weighted by atomic mass is 10.1. The van der Waals surface area contributed by atoms with E-state index in [9.17, 15) is 0 Å². The predicted octanol–water partition coefficient (Wildman–Crippen LogP) is 4.09. The van der Waals surface area contributed by atoms with Crippen molar-refractivity contribution in [2.24, 2.45) is 0 Å². The second kappa shape index (κ2) is 8.62. The molecule has 3 nitrogen and oxygen atoms in total. The number of rotatable bonds is 8. The van der Waals surface area contributed by atoms with Crippen molar-refractivity contribution in [3.05, 3.63) is 28.8 Å². The maximum Gasteiger partial charge on any atom is 0.0641 e. The van der Waals surface area contributed by atoms with Crippen molar-refractivity contribution in [2.45, 2.75) is 46.7 Å². The van der Waals surface area contributed by atoms with E-state index in [4.69, 9.17) is 16.3 Å². The first-order chi connectivity index (χ1) is 9.87. The fraction of sp³-hybridized carbons (Fsp3) is 0.647. The van der Waals surface area contributed by atoms with E-state index in [1.54, 1.807) is 0 Å². The van der Waals surface area contributed by atoms with Gasteiger partial charge in [0.05, 0.1) is 6.61 Å². The molecule has 0 aliphatic carbocycles. The Balaban J connectivity index is 2.88. The number of halogens is 1. The molecule has 0 heterocycles. The molecular weight excluding hydrogens is 284 g/mol. The largest absolute Gasteiger partial charge is 0.380 e. The first-order valence-electron chi connectivity index (χ1n) is 7.73. The van der Waals surface area contributed by atoms with Crippen LogP contribution >= 0.6 is 11.6 Å². The highest BCUT2D eigenvalue weighted by atomic mass is 35.5. The van der Waals surface area contributed by atoms with Gasteiger partial charge in [0.25, 0.3) is 0 Å². The quantitative estimate of drug-likeness (QED) is 0.732. The van der Waals surface area contributed by atoms with E-state index in [0.29, 0.717) is 0 Å². The van der Waals surface area contributed by atoms with Gasteiger partial charge >= 0.3 is 0 Å². The van der Waals surface area contributed by atoms with Crippen LogP contribution in [-0.2, 0) is 11.3 Å². The monoisotopic (exact) mass is 312 g/mol. The summed E-state index contributed by atoms with van der Waals surface area (Å²) in [7, 11) is 0. The Kier molecular flexibility index (Phi) is 7.50. The van der Waals surface area contributed by atoms with E-state index in [1.165, 1.54) is 11.3 Å². The highest BCUT2D eigenvalue weighted by molar-refractivity contribution is 6.30. The molecule has 0 saturated carbocycles. The molecule has 0 aromatic heterocycles. The number of likely N-dealkylation sites (N-methyl/N-ethyl adjacent to an activating group) is 1. The van der Waals surface area contributed by atoms with Gasteiger partial charge in [-0.15, -0.1) is 0 Å². The minimum absolute atomic E-state index is 0.0965. The van der Waals surface area contributed by atoms with Gasteiger partial charge in [0.1, 0.15) is 0 Å². The summed E-state index contributed by atoms with van der Waals surface area (Å²) in [6.45, 7) is 14.9. The predicted molar refractivity (Wildman–Crippen MR) is 92.4 cm³/mol.